The van der Waals surface area contributed by atoms with Crippen LogP contribution in [0.4, 0.5) is 0 Å². The first-order valence-corrected chi connectivity index (χ1v) is 32.8. The van der Waals surface area contributed by atoms with Crippen molar-refractivity contribution in [3.05, 3.63) is 60.8 Å². The molecule has 0 aliphatic rings. The summed E-state index contributed by atoms with van der Waals surface area (Å²) in [5.41, 5.74) is 0. The fourth-order valence-electron chi connectivity index (χ4n) is 9.94. The van der Waals surface area contributed by atoms with Gasteiger partial charge < -0.3 is 14.6 Å². The van der Waals surface area contributed by atoms with E-state index in [1.54, 1.807) is 0 Å². The largest absolute Gasteiger partial charge is 0.462 e. The Morgan fingerprint density at radius 2 is 0.581 bits per heavy atom. The van der Waals surface area contributed by atoms with Gasteiger partial charge in [-0.25, -0.2) is 0 Å². The van der Waals surface area contributed by atoms with Crippen molar-refractivity contribution < 1.29 is 24.2 Å². The summed E-state index contributed by atoms with van der Waals surface area (Å²) in [4.78, 5) is 24.6. The van der Waals surface area contributed by atoms with E-state index in [4.69, 9.17) is 9.47 Å². The molecule has 432 valence electrons. The standard InChI is InChI=1S/C69H126O5/c1-3-5-7-9-11-13-15-17-19-21-23-25-27-29-31-33-34-36-38-40-42-44-46-48-50-52-54-56-58-60-62-64-69(72)74-67(65-70)66-73-68(71)63-61-59-57-55-53-51-49-47-45-43-41-39-37-35-32-30-28-26-24-22-20-18-16-14-12-10-8-6-4-2/h5,7,11,13,17,19,23,25,29,31,67,70H,3-4,6,8-10,12,14-16,18,20-22,24,26-28,30,32-66H2,1-2H3/b7-5-,13-11-,19-17-,25-23-,31-29-. The van der Waals surface area contributed by atoms with Crippen molar-refractivity contribution in [2.24, 2.45) is 0 Å². The van der Waals surface area contributed by atoms with Crippen LogP contribution in [0.25, 0.3) is 0 Å². The van der Waals surface area contributed by atoms with Gasteiger partial charge in [0.2, 0.25) is 0 Å². The minimum atomic E-state index is -0.772. The van der Waals surface area contributed by atoms with Gasteiger partial charge in [0.05, 0.1) is 6.61 Å². The first-order valence-electron chi connectivity index (χ1n) is 32.8. The van der Waals surface area contributed by atoms with Crippen LogP contribution in [0.5, 0.6) is 0 Å². The van der Waals surface area contributed by atoms with Gasteiger partial charge in [0.15, 0.2) is 6.10 Å². The maximum absolute atomic E-state index is 12.3. The van der Waals surface area contributed by atoms with E-state index in [0.717, 1.165) is 64.2 Å². The van der Waals surface area contributed by atoms with Crippen molar-refractivity contribution in [1.29, 1.82) is 0 Å². The Bertz CT molecular complexity index is 1260. The van der Waals surface area contributed by atoms with Gasteiger partial charge in [-0.3, -0.25) is 9.59 Å². The second kappa shape index (κ2) is 64.9. The minimum absolute atomic E-state index is 0.0619. The lowest BCUT2D eigenvalue weighted by Gasteiger charge is -2.15. The highest BCUT2D eigenvalue weighted by Crippen LogP contribution is 2.18. The average molecular weight is 1040 g/mol. The van der Waals surface area contributed by atoms with E-state index in [0.29, 0.717) is 12.8 Å². The number of allylic oxidation sites excluding steroid dienone is 10. The molecule has 0 radical (unpaired) electrons. The highest BCUT2D eigenvalue weighted by atomic mass is 16.6. The summed E-state index contributed by atoms with van der Waals surface area (Å²) in [6.07, 6.45) is 88.1. The van der Waals surface area contributed by atoms with Crippen molar-refractivity contribution in [2.75, 3.05) is 13.2 Å². The zero-order valence-electron chi connectivity index (χ0n) is 49.6. The van der Waals surface area contributed by atoms with Crippen molar-refractivity contribution in [2.45, 2.75) is 354 Å². The molecule has 0 amide bonds. The number of carbonyl (C=O) groups excluding carboxylic acids is 2. The first-order chi connectivity index (χ1) is 36.6. The molecule has 0 aliphatic carbocycles. The molecule has 1 N–H and O–H groups in total. The van der Waals surface area contributed by atoms with E-state index in [1.807, 2.05) is 0 Å². The molecule has 0 saturated heterocycles. The lowest BCUT2D eigenvalue weighted by Crippen LogP contribution is -2.28. The molecule has 0 aliphatic heterocycles. The van der Waals surface area contributed by atoms with E-state index >= 15 is 0 Å². The molecule has 0 aromatic heterocycles. The third-order valence-corrected chi connectivity index (χ3v) is 14.8. The van der Waals surface area contributed by atoms with Crippen molar-refractivity contribution in [1.82, 2.24) is 0 Å². The third kappa shape index (κ3) is 62.1. The number of ether oxygens (including phenoxy) is 2. The summed E-state index contributed by atoms with van der Waals surface area (Å²) in [6.45, 7) is 4.08. The zero-order valence-corrected chi connectivity index (χ0v) is 49.6. The highest BCUT2D eigenvalue weighted by Gasteiger charge is 2.16. The van der Waals surface area contributed by atoms with Crippen LogP contribution in [0.1, 0.15) is 348 Å². The molecule has 5 nitrogen and oxygen atoms in total. The SMILES string of the molecule is CC/C=C\C/C=C\C/C=C\C/C=C\C/C=C\CCCCCCCCCCCCCCCCCC(=O)OC(CO)COC(=O)CCCCCCCCCCCCCCCCCCCCCCCCCCCCCCC. The average Bonchev–Trinajstić information content (AvgIpc) is 3.40. The molecule has 0 spiro atoms. The summed E-state index contributed by atoms with van der Waals surface area (Å²) >= 11 is 0. The molecule has 1 atom stereocenters. The number of aliphatic hydroxyl groups excluding tert-OH is 1. The number of esters is 2. The summed E-state index contributed by atoms with van der Waals surface area (Å²) in [5, 5.41) is 9.69. The van der Waals surface area contributed by atoms with Crippen molar-refractivity contribution in [3.8, 4) is 0 Å². The number of unbranched alkanes of at least 4 members (excludes halogenated alkanes) is 43. The first kappa shape index (κ1) is 71.6. The quantitative estimate of drug-likeness (QED) is 0.0373. The molecule has 0 bridgehead atoms. The fraction of sp³-hybridized carbons (Fsp3) is 0.826. The lowest BCUT2D eigenvalue weighted by atomic mass is 10.0. The third-order valence-electron chi connectivity index (χ3n) is 14.8. The van der Waals surface area contributed by atoms with Crippen LogP contribution in [0.15, 0.2) is 60.8 Å². The zero-order chi connectivity index (χ0) is 53.4. The second-order valence-corrected chi connectivity index (χ2v) is 22.2. The van der Waals surface area contributed by atoms with Crippen LogP contribution < -0.4 is 0 Å². The Kier molecular flexibility index (Phi) is 62.8. The number of hydrogen-bond acceptors (Lipinski definition) is 5. The molecule has 74 heavy (non-hydrogen) atoms. The van der Waals surface area contributed by atoms with Gasteiger partial charge in [-0.1, -0.05) is 338 Å². The van der Waals surface area contributed by atoms with Crippen LogP contribution in [-0.2, 0) is 19.1 Å². The van der Waals surface area contributed by atoms with E-state index in [2.05, 4.69) is 74.6 Å². The van der Waals surface area contributed by atoms with Crippen LogP contribution >= 0.6 is 0 Å². The molecule has 5 heteroatoms. The van der Waals surface area contributed by atoms with Gasteiger partial charge in [-0.2, -0.15) is 0 Å². The molecular weight excluding hydrogens is 909 g/mol. The van der Waals surface area contributed by atoms with Gasteiger partial charge >= 0.3 is 11.9 Å². The predicted octanol–water partition coefficient (Wildman–Crippen LogP) is 22.5. The Hall–Kier alpha value is -2.40. The molecule has 0 rings (SSSR count). The van der Waals surface area contributed by atoms with E-state index in [9.17, 15) is 14.7 Å². The topological polar surface area (TPSA) is 72.8 Å². The molecule has 0 saturated carbocycles. The van der Waals surface area contributed by atoms with Gasteiger partial charge in [0.25, 0.3) is 0 Å². The normalized spacial score (nSPS) is 12.5. The highest BCUT2D eigenvalue weighted by molar-refractivity contribution is 5.70. The summed E-state index contributed by atoms with van der Waals surface area (Å²) in [5.74, 6) is -0.572. The summed E-state index contributed by atoms with van der Waals surface area (Å²) < 4.78 is 10.8. The minimum Gasteiger partial charge on any atom is -0.462 e. The van der Waals surface area contributed by atoms with Gasteiger partial charge in [0, 0.05) is 12.8 Å². The van der Waals surface area contributed by atoms with Gasteiger partial charge in [-0.05, 0) is 57.8 Å². The summed E-state index contributed by atoms with van der Waals surface area (Å²) in [6, 6.07) is 0. The molecule has 1 unspecified atom stereocenters. The van der Waals surface area contributed by atoms with Crippen LogP contribution in [-0.4, -0.2) is 36.4 Å². The summed E-state index contributed by atoms with van der Waals surface area (Å²) in [7, 11) is 0. The Morgan fingerprint density at radius 1 is 0.324 bits per heavy atom. The Morgan fingerprint density at radius 3 is 0.878 bits per heavy atom. The molecule has 0 aromatic rings. The predicted molar refractivity (Wildman–Crippen MR) is 325 cm³/mol. The smallest absolute Gasteiger partial charge is 0.306 e. The molecule has 0 aromatic carbocycles. The fourth-order valence-corrected chi connectivity index (χ4v) is 9.94. The lowest BCUT2D eigenvalue weighted by molar-refractivity contribution is -0.161. The van der Waals surface area contributed by atoms with E-state index in [1.165, 1.54) is 257 Å². The number of carbonyl (C=O) groups is 2. The van der Waals surface area contributed by atoms with Gasteiger partial charge in [-0.15, -0.1) is 0 Å². The van der Waals surface area contributed by atoms with Crippen LogP contribution in [0.3, 0.4) is 0 Å². The van der Waals surface area contributed by atoms with Crippen LogP contribution in [0.2, 0.25) is 0 Å². The Labute approximate surface area is 461 Å². The van der Waals surface area contributed by atoms with Crippen LogP contribution in [0, 0.1) is 0 Å². The molecule has 0 fully saturated rings. The van der Waals surface area contributed by atoms with Gasteiger partial charge in [0.1, 0.15) is 6.61 Å². The number of aliphatic hydroxyl groups is 1. The maximum Gasteiger partial charge on any atom is 0.306 e. The molecular formula is C69H126O5. The van der Waals surface area contributed by atoms with E-state index in [-0.39, 0.29) is 25.2 Å². The maximum atomic E-state index is 12.3. The monoisotopic (exact) mass is 1030 g/mol. The molecule has 0 heterocycles. The second-order valence-electron chi connectivity index (χ2n) is 22.2. The Balaban J connectivity index is 3.42. The number of hydrogen-bond donors (Lipinski definition) is 1. The van der Waals surface area contributed by atoms with Crippen molar-refractivity contribution >= 4 is 11.9 Å². The van der Waals surface area contributed by atoms with Crippen molar-refractivity contribution in [3.63, 3.8) is 0 Å². The number of rotatable bonds is 61. The van der Waals surface area contributed by atoms with E-state index < -0.39 is 6.10 Å².